The molecule has 0 saturated carbocycles. The van der Waals surface area contributed by atoms with Crippen molar-refractivity contribution in [2.24, 2.45) is 0 Å². The van der Waals surface area contributed by atoms with E-state index in [1.54, 1.807) is 30.3 Å². The van der Waals surface area contributed by atoms with Crippen LogP contribution in [0.15, 0.2) is 42.5 Å². The quantitative estimate of drug-likeness (QED) is 0.553. The predicted molar refractivity (Wildman–Crippen MR) is 123 cm³/mol. The van der Waals surface area contributed by atoms with Gasteiger partial charge in [0.2, 0.25) is 5.60 Å². The third-order valence-corrected chi connectivity index (χ3v) is 6.45. The van der Waals surface area contributed by atoms with E-state index in [1.807, 2.05) is 0 Å². The summed E-state index contributed by atoms with van der Waals surface area (Å²) in [5.74, 6) is -0.243. The third-order valence-electron chi connectivity index (χ3n) is 6.45. The van der Waals surface area contributed by atoms with Gasteiger partial charge in [-0.15, -0.1) is 0 Å². The molecule has 7 heteroatoms. The summed E-state index contributed by atoms with van der Waals surface area (Å²) >= 11 is 0. The van der Waals surface area contributed by atoms with Crippen LogP contribution in [0, 0.1) is 0 Å². The Morgan fingerprint density at radius 1 is 1.22 bits per heavy atom. The minimum absolute atomic E-state index is 0.0793. The molecule has 2 aliphatic rings. The summed E-state index contributed by atoms with van der Waals surface area (Å²) in [5.41, 5.74) is 0.743. The van der Waals surface area contributed by atoms with Crippen molar-refractivity contribution in [3.8, 4) is 0 Å². The van der Waals surface area contributed by atoms with Crippen LogP contribution in [-0.4, -0.2) is 65.0 Å². The van der Waals surface area contributed by atoms with E-state index in [4.69, 9.17) is 9.72 Å². The number of aliphatic carboxylic acids is 1. The highest BCUT2D eigenvalue weighted by Crippen LogP contribution is 2.24. The molecule has 0 radical (unpaired) electrons. The Bertz CT molecular complexity index is 907. The number of hydrogen-bond acceptors (Lipinski definition) is 6. The van der Waals surface area contributed by atoms with Crippen molar-refractivity contribution >= 4 is 11.8 Å². The van der Waals surface area contributed by atoms with Crippen LogP contribution in [0.1, 0.15) is 42.5 Å². The van der Waals surface area contributed by atoms with E-state index in [9.17, 15) is 15.0 Å². The van der Waals surface area contributed by atoms with E-state index in [1.165, 1.54) is 12.0 Å². The van der Waals surface area contributed by atoms with E-state index in [0.717, 1.165) is 69.8 Å². The number of carboxylic acids is 1. The van der Waals surface area contributed by atoms with Crippen LogP contribution in [-0.2, 0) is 28.0 Å². The Labute approximate surface area is 189 Å². The number of pyridine rings is 1. The van der Waals surface area contributed by atoms with Gasteiger partial charge in [0.1, 0.15) is 5.82 Å². The van der Waals surface area contributed by atoms with E-state index in [2.05, 4.69) is 22.3 Å². The molecule has 0 bridgehead atoms. The van der Waals surface area contributed by atoms with Crippen molar-refractivity contribution in [3.05, 3.63) is 59.3 Å². The minimum Gasteiger partial charge on any atom is -0.479 e. The zero-order chi connectivity index (χ0) is 22.4. The van der Waals surface area contributed by atoms with Gasteiger partial charge >= 0.3 is 5.97 Å². The topological polar surface area (TPSA) is 94.9 Å². The zero-order valence-corrected chi connectivity index (χ0v) is 18.5. The minimum atomic E-state index is -2.03. The molecule has 172 valence electrons. The Morgan fingerprint density at radius 3 is 2.88 bits per heavy atom. The largest absolute Gasteiger partial charge is 0.479 e. The van der Waals surface area contributed by atoms with Crippen molar-refractivity contribution in [1.82, 2.24) is 9.88 Å². The van der Waals surface area contributed by atoms with Gasteiger partial charge in [-0.1, -0.05) is 36.4 Å². The molecule has 0 aliphatic carbocycles. The fraction of sp³-hybridized carbons (Fsp3) is 0.520. The molecule has 2 aromatic rings. The lowest BCUT2D eigenvalue weighted by atomic mass is 9.95. The molecule has 2 atom stereocenters. The lowest BCUT2D eigenvalue weighted by Gasteiger charge is -2.34. The van der Waals surface area contributed by atoms with Gasteiger partial charge in [-0.3, -0.25) is 0 Å². The highest BCUT2D eigenvalue weighted by atomic mass is 16.5. The number of fused-ring (bicyclic) bond motifs is 1. The van der Waals surface area contributed by atoms with Crippen LogP contribution < -0.4 is 5.32 Å². The summed E-state index contributed by atoms with van der Waals surface area (Å²) in [6, 6.07) is 12.8. The standard InChI is InChI=1S/C25H33N3O4/c29-24(30)25(31,20-8-2-1-3-9-20)18-32-22-11-6-16-28(17-22)15-5-10-21-13-12-19-7-4-14-26-23(19)27-21/h1-3,8-9,12-13,22,31H,4-7,10-11,14-18H2,(H,26,27)(H,29,30)/t22-,25+/m1/s1. The SMILES string of the molecule is O=C(O)[C@](O)(CO[C@@H]1CCCN(CCCc2ccc3c(n2)NCCC3)C1)c1ccccc1. The van der Waals surface area contributed by atoms with E-state index in [-0.39, 0.29) is 12.7 Å². The number of rotatable bonds is 9. The van der Waals surface area contributed by atoms with Crippen molar-refractivity contribution in [3.63, 3.8) is 0 Å². The molecule has 7 nitrogen and oxygen atoms in total. The zero-order valence-electron chi connectivity index (χ0n) is 18.5. The van der Waals surface area contributed by atoms with Gasteiger partial charge in [-0.2, -0.15) is 0 Å². The van der Waals surface area contributed by atoms with E-state index >= 15 is 0 Å². The van der Waals surface area contributed by atoms with Gasteiger partial charge < -0.3 is 25.2 Å². The summed E-state index contributed by atoms with van der Waals surface area (Å²) in [7, 11) is 0. The monoisotopic (exact) mass is 439 g/mol. The normalized spacial score (nSPS) is 20.7. The molecule has 1 saturated heterocycles. The van der Waals surface area contributed by atoms with Crippen molar-refractivity contribution in [1.29, 1.82) is 0 Å². The van der Waals surface area contributed by atoms with E-state index in [0.29, 0.717) is 5.56 Å². The molecule has 32 heavy (non-hydrogen) atoms. The Balaban J connectivity index is 1.26. The van der Waals surface area contributed by atoms with Crippen LogP contribution in [0.4, 0.5) is 5.82 Å². The first-order valence-electron chi connectivity index (χ1n) is 11.6. The van der Waals surface area contributed by atoms with Crippen LogP contribution in [0.2, 0.25) is 0 Å². The number of anilines is 1. The predicted octanol–water partition coefficient (Wildman–Crippen LogP) is 2.83. The number of nitrogens with zero attached hydrogens (tertiary/aromatic N) is 2. The van der Waals surface area contributed by atoms with E-state index < -0.39 is 11.6 Å². The second-order valence-electron chi connectivity index (χ2n) is 8.85. The van der Waals surface area contributed by atoms with Gasteiger partial charge in [0, 0.05) is 18.8 Å². The number of aliphatic hydroxyl groups is 1. The number of ether oxygens (including phenoxy) is 1. The number of hydrogen-bond donors (Lipinski definition) is 3. The number of likely N-dealkylation sites (tertiary alicyclic amines) is 1. The first-order chi connectivity index (χ1) is 15.5. The van der Waals surface area contributed by atoms with Gasteiger partial charge in [0.05, 0.1) is 12.7 Å². The number of carboxylic acid groups (broad SMARTS) is 1. The van der Waals surface area contributed by atoms with Gasteiger partial charge in [-0.25, -0.2) is 9.78 Å². The van der Waals surface area contributed by atoms with Crippen LogP contribution in [0.3, 0.4) is 0 Å². The Morgan fingerprint density at radius 2 is 2.06 bits per heavy atom. The highest BCUT2D eigenvalue weighted by Gasteiger charge is 2.39. The number of carbonyl (C=O) groups is 1. The second-order valence-corrected chi connectivity index (χ2v) is 8.85. The lowest BCUT2D eigenvalue weighted by Crippen LogP contribution is -2.45. The Kier molecular flexibility index (Phi) is 7.40. The molecule has 0 amide bonds. The fourth-order valence-corrected chi connectivity index (χ4v) is 4.56. The summed E-state index contributed by atoms with van der Waals surface area (Å²) in [6.07, 6.45) is 6.02. The fourth-order valence-electron chi connectivity index (χ4n) is 4.56. The Hall–Kier alpha value is -2.48. The molecular formula is C25H33N3O4. The van der Waals surface area contributed by atoms with Crippen molar-refractivity contribution in [2.75, 3.05) is 38.1 Å². The van der Waals surface area contributed by atoms with Gasteiger partial charge in [0.15, 0.2) is 0 Å². The first kappa shape index (κ1) is 22.7. The average molecular weight is 440 g/mol. The van der Waals surface area contributed by atoms with Crippen LogP contribution >= 0.6 is 0 Å². The summed E-state index contributed by atoms with van der Waals surface area (Å²) in [6.45, 7) is 3.47. The third kappa shape index (κ3) is 5.46. The molecule has 1 fully saturated rings. The maximum atomic E-state index is 11.8. The summed E-state index contributed by atoms with van der Waals surface area (Å²) in [5, 5.41) is 23.8. The van der Waals surface area contributed by atoms with Crippen molar-refractivity contribution in [2.45, 2.75) is 50.2 Å². The van der Waals surface area contributed by atoms with Gasteiger partial charge in [0.25, 0.3) is 0 Å². The maximum absolute atomic E-state index is 11.8. The molecule has 2 aliphatic heterocycles. The molecule has 1 aromatic heterocycles. The molecular weight excluding hydrogens is 406 g/mol. The molecule has 4 rings (SSSR count). The molecule has 1 aromatic carbocycles. The summed E-state index contributed by atoms with van der Waals surface area (Å²) < 4.78 is 5.93. The second kappa shape index (κ2) is 10.4. The van der Waals surface area contributed by atoms with Crippen LogP contribution in [0.25, 0.3) is 0 Å². The van der Waals surface area contributed by atoms with Crippen LogP contribution in [0.5, 0.6) is 0 Å². The summed E-state index contributed by atoms with van der Waals surface area (Å²) in [4.78, 5) is 18.9. The number of aryl methyl sites for hydroxylation is 2. The molecule has 3 heterocycles. The average Bonchev–Trinajstić information content (AvgIpc) is 2.83. The number of piperidine rings is 1. The lowest BCUT2D eigenvalue weighted by molar-refractivity contribution is -0.171. The smallest absolute Gasteiger partial charge is 0.342 e. The number of aromatic nitrogens is 1. The van der Waals surface area contributed by atoms with Crippen molar-refractivity contribution < 1.29 is 19.7 Å². The van der Waals surface area contributed by atoms with Gasteiger partial charge in [-0.05, 0) is 68.8 Å². The molecule has 0 unspecified atom stereocenters. The molecule has 0 spiro atoms. The highest BCUT2D eigenvalue weighted by molar-refractivity contribution is 5.79. The maximum Gasteiger partial charge on any atom is 0.342 e. The first-order valence-corrected chi connectivity index (χ1v) is 11.6. The number of benzene rings is 1. The number of nitrogens with one attached hydrogen (secondary N) is 1. The molecule has 3 N–H and O–H groups in total.